The first-order valence-corrected chi connectivity index (χ1v) is 4.94. The number of methoxy groups -OCH3 is 1. The molecule has 0 amide bonds. The average Bonchev–Trinajstić information content (AvgIpc) is 2.15. The molecule has 3 nitrogen and oxygen atoms in total. The average molecular weight is 199 g/mol. The standard InChI is InChI=1S/C11H21NO2/c1-6-9(2)7-12(4)8-10(3)11(13)14-5/h10H,2,6-8H2,1,3-5H3. The number of carbonyl (C=O) groups excluding carboxylic acids is 1. The van der Waals surface area contributed by atoms with Gasteiger partial charge in [0.1, 0.15) is 0 Å². The Labute approximate surface area is 86.7 Å². The lowest BCUT2D eigenvalue weighted by atomic mass is 10.1. The maximum absolute atomic E-state index is 11.1. The van der Waals surface area contributed by atoms with E-state index in [1.54, 1.807) is 0 Å². The molecule has 0 N–H and O–H groups in total. The second-order valence-corrected chi connectivity index (χ2v) is 3.72. The third kappa shape index (κ3) is 5.02. The van der Waals surface area contributed by atoms with Crippen LogP contribution in [-0.4, -0.2) is 38.1 Å². The zero-order valence-electron chi connectivity index (χ0n) is 9.67. The minimum absolute atomic E-state index is 0.0744. The number of carbonyl (C=O) groups is 1. The van der Waals surface area contributed by atoms with Crippen LogP contribution in [0.2, 0.25) is 0 Å². The van der Waals surface area contributed by atoms with Gasteiger partial charge in [0.2, 0.25) is 0 Å². The molecule has 0 aromatic rings. The van der Waals surface area contributed by atoms with Crippen LogP contribution >= 0.6 is 0 Å². The van der Waals surface area contributed by atoms with E-state index in [-0.39, 0.29) is 11.9 Å². The molecule has 14 heavy (non-hydrogen) atoms. The summed E-state index contributed by atoms with van der Waals surface area (Å²) in [5, 5.41) is 0. The monoisotopic (exact) mass is 199 g/mol. The van der Waals surface area contributed by atoms with E-state index in [2.05, 4.69) is 23.1 Å². The first-order valence-electron chi connectivity index (χ1n) is 4.94. The second-order valence-electron chi connectivity index (χ2n) is 3.72. The Bertz CT molecular complexity index is 201. The van der Waals surface area contributed by atoms with E-state index in [9.17, 15) is 4.79 Å². The first kappa shape index (κ1) is 13.2. The minimum Gasteiger partial charge on any atom is -0.469 e. The SMILES string of the molecule is C=C(CC)CN(C)CC(C)C(=O)OC. The highest BCUT2D eigenvalue weighted by atomic mass is 16.5. The van der Waals surface area contributed by atoms with Gasteiger partial charge in [0.15, 0.2) is 0 Å². The van der Waals surface area contributed by atoms with E-state index in [1.807, 2.05) is 14.0 Å². The van der Waals surface area contributed by atoms with Crippen molar-refractivity contribution in [2.75, 3.05) is 27.2 Å². The molecular formula is C11H21NO2. The zero-order chi connectivity index (χ0) is 11.1. The topological polar surface area (TPSA) is 29.5 Å². The summed E-state index contributed by atoms with van der Waals surface area (Å²) in [5.74, 6) is -0.228. The van der Waals surface area contributed by atoms with Gasteiger partial charge in [-0.15, -0.1) is 0 Å². The Morgan fingerprint density at radius 3 is 2.57 bits per heavy atom. The minimum atomic E-state index is -0.154. The van der Waals surface area contributed by atoms with Crippen LogP contribution in [0.3, 0.4) is 0 Å². The molecule has 0 saturated heterocycles. The van der Waals surface area contributed by atoms with Crippen molar-refractivity contribution < 1.29 is 9.53 Å². The summed E-state index contributed by atoms with van der Waals surface area (Å²) in [6, 6.07) is 0. The predicted octanol–water partition coefficient (Wildman–Crippen LogP) is 1.69. The predicted molar refractivity (Wildman–Crippen MR) is 58.1 cm³/mol. The van der Waals surface area contributed by atoms with E-state index < -0.39 is 0 Å². The van der Waals surface area contributed by atoms with Crippen LogP contribution in [0, 0.1) is 5.92 Å². The summed E-state index contributed by atoms with van der Waals surface area (Å²) in [6.45, 7) is 9.44. The van der Waals surface area contributed by atoms with Gasteiger partial charge in [-0.3, -0.25) is 4.79 Å². The molecule has 0 aromatic carbocycles. The van der Waals surface area contributed by atoms with Crippen LogP contribution in [0.5, 0.6) is 0 Å². The van der Waals surface area contributed by atoms with E-state index in [0.717, 1.165) is 13.0 Å². The van der Waals surface area contributed by atoms with Crippen molar-refractivity contribution in [3.8, 4) is 0 Å². The summed E-state index contributed by atoms with van der Waals surface area (Å²) in [6.07, 6.45) is 0.983. The smallest absolute Gasteiger partial charge is 0.309 e. The van der Waals surface area contributed by atoms with Crippen molar-refractivity contribution in [3.63, 3.8) is 0 Å². The lowest BCUT2D eigenvalue weighted by molar-refractivity contribution is -0.145. The van der Waals surface area contributed by atoms with Gasteiger partial charge in [0, 0.05) is 13.1 Å². The number of ether oxygens (including phenoxy) is 1. The zero-order valence-corrected chi connectivity index (χ0v) is 9.67. The molecule has 0 aliphatic rings. The van der Waals surface area contributed by atoms with Crippen molar-refractivity contribution in [3.05, 3.63) is 12.2 Å². The summed E-state index contributed by atoms with van der Waals surface area (Å²) in [7, 11) is 3.41. The highest BCUT2D eigenvalue weighted by Crippen LogP contribution is 2.04. The number of rotatable bonds is 6. The summed E-state index contributed by atoms with van der Waals surface area (Å²) in [5.41, 5.74) is 1.18. The number of nitrogens with zero attached hydrogens (tertiary/aromatic N) is 1. The molecule has 0 rings (SSSR count). The quantitative estimate of drug-likeness (QED) is 0.481. The molecule has 0 spiro atoms. The molecule has 0 radical (unpaired) electrons. The van der Waals surface area contributed by atoms with Crippen molar-refractivity contribution in [2.45, 2.75) is 20.3 Å². The lowest BCUT2D eigenvalue weighted by Crippen LogP contribution is -2.30. The Morgan fingerprint density at radius 2 is 2.14 bits per heavy atom. The van der Waals surface area contributed by atoms with Crippen molar-refractivity contribution in [2.24, 2.45) is 5.92 Å². The normalized spacial score (nSPS) is 12.6. The van der Waals surface area contributed by atoms with Crippen molar-refractivity contribution >= 4 is 5.97 Å². The van der Waals surface area contributed by atoms with Gasteiger partial charge in [0.05, 0.1) is 13.0 Å². The van der Waals surface area contributed by atoms with Gasteiger partial charge >= 0.3 is 5.97 Å². The Morgan fingerprint density at radius 1 is 1.57 bits per heavy atom. The fourth-order valence-corrected chi connectivity index (χ4v) is 1.30. The molecule has 3 heteroatoms. The molecule has 1 unspecified atom stereocenters. The molecule has 0 aliphatic heterocycles. The third-order valence-corrected chi connectivity index (χ3v) is 2.18. The molecule has 0 heterocycles. The Hall–Kier alpha value is -0.830. The number of likely N-dealkylation sites (N-methyl/N-ethyl adjacent to an activating group) is 1. The molecule has 0 aromatic heterocycles. The number of esters is 1. The van der Waals surface area contributed by atoms with Crippen LogP contribution in [0.15, 0.2) is 12.2 Å². The van der Waals surface area contributed by atoms with E-state index >= 15 is 0 Å². The molecule has 82 valence electrons. The van der Waals surface area contributed by atoms with Crippen molar-refractivity contribution in [1.29, 1.82) is 0 Å². The van der Waals surface area contributed by atoms with Crippen molar-refractivity contribution in [1.82, 2.24) is 4.90 Å². The third-order valence-electron chi connectivity index (χ3n) is 2.18. The van der Waals surface area contributed by atoms with Crippen LogP contribution in [0.4, 0.5) is 0 Å². The number of hydrogen-bond donors (Lipinski definition) is 0. The molecule has 0 saturated carbocycles. The highest BCUT2D eigenvalue weighted by molar-refractivity contribution is 5.72. The Balaban J connectivity index is 3.87. The fraction of sp³-hybridized carbons (Fsp3) is 0.727. The van der Waals surface area contributed by atoms with Crippen LogP contribution in [-0.2, 0) is 9.53 Å². The summed E-state index contributed by atoms with van der Waals surface area (Å²) in [4.78, 5) is 13.2. The maximum Gasteiger partial charge on any atom is 0.309 e. The van der Waals surface area contributed by atoms with E-state index in [1.165, 1.54) is 12.7 Å². The largest absolute Gasteiger partial charge is 0.469 e. The lowest BCUT2D eigenvalue weighted by Gasteiger charge is -2.20. The van der Waals surface area contributed by atoms with Gasteiger partial charge in [-0.25, -0.2) is 0 Å². The van der Waals surface area contributed by atoms with Crippen LogP contribution in [0.1, 0.15) is 20.3 Å². The number of hydrogen-bond acceptors (Lipinski definition) is 3. The first-order chi connectivity index (χ1) is 6.51. The maximum atomic E-state index is 11.1. The van der Waals surface area contributed by atoms with E-state index in [4.69, 9.17) is 0 Å². The van der Waals surface area contributed by atoms with Crippen LogP contribution < -0.4 is 0 Å². The molecule has 0 bridgehead atoms. The van der Waals surface area contributed by atoms with E-state index in [0.29, 0.717) is 6.54 Å². The summed E-state index contributed by atoms with van der Waals surface area (Å²) < 4.78 is 4.66. The van der Waals surface area contributed by atoms with Crippen LogP contribution in [0.25, 0.3) is 0 Å². The second kappa shape index (κ2) is 6.60. The Kier molecular flexibility index (Phi) is 6.21. The van der Waals surface area contributed by atoms with Gasteiger partial charge in [-0.1, -0.05) is 26.0 Å². The van der Waals surface area contributed by atoms with Gasteiger partial charge < -0.3 is 9.64 Å². The summed E-state index contributed by atoms with van der Waals surface area (Å²) >= 11 is 0. The molecule has 1 atom stereocenters. The van der Waals surface area contributed by atoms with Gasteiger partial charge in [-0.05, 0) is 13.5 Å². The molecular weight excluding hydrogens is 178 g/mol. The molecule has 0 aliphatic carbocycles. The molecule has 0 fully saturated rings. The van der Waals surface area contributed by atoms with Gasteiger partial charge in [0.25, 0.3) is 0 Å². The van der Waals surface area contributed by atoms with Gasteiger partial charge in [-0.2, -0.15) is 0 Å². The fourth-order valence-electron chi connectivity index (χ4n) is 1.30. The highest BCUT2D eigenvalue weighted by Gasteiger charge is 2.15.